The average Bonchev–Trinajstić information content (AvgIpc) is 3.30. The van der Waals surface area contributed by atoms with E-state index in [1.165, 1.54) is 11.3 Å². The number of aryl methyl sites for hydroxylation is 2. The van der Waals surface area contributed by atoms with Crippen LogP contribution < -0.4 is 5.73 Å². The number of oxazole rings is 1. The Labute approximate surface area is 170 Å². The number of carbonyl (C=O) groups excluding carboxylic acids is 2. The predicted molar refractivity (Wildman–Crippen MR) is 109 cm³/mol. The van der Waals surface area contributed by atoms with Crippen molar-refractivity contribution in [2.45, 2.75) is 58.2 Å². The van der Waals surface area contributed by atoms with Crippen molar-refractivity contribution in [3.05, 3.63) is 41.9 Å². The van der Waals surface area contributed by atoms with E-state index in [0.29, 0.717) is 12.8 Å². The number of likely N-dealkylation sites (tertiary alicyclic amines) is 1. The van der Waals surface area contributed by atoms with Crippen LogP contribution in [0.4, 0.5) is 0 Å². The molecule has 1 fully saturated rings. The first-order valence-corrected chi connectivity index (χ1v) is 10.0. The van der Waals surface area contributed by atoms with Crippen LogP contribution >= 0.6 is 0 Å². The third-order valence-corrected chi connectivity index (χ3v) is 5.56. The van der Waals surface area contributed by atoms with Crippen molar-refractivity contribution >= 4 is 11.7 Å². The number of nitrogens with zero attached hydrogens (tertiary/aromatic N) is 2. The topological polar surface area (TPSA) is 110 Å². The van der Waals surface area contributed by atoms with Gasteiger partial charge in [0.25, 0.3) is 0 Å². The van der Waals surface area contributed by atoms with Gasteiger partial charge in [-0.15, -0.1) is 0 Å². The molecule has 1 saturated heterocycles. The van der Waals surface area contributed by atoms with Gasteiger partial charge >= 0.3 is 0 Å². The number of hydrogen-bond acceptors (Lipinski definition) is 6. The minimum absolute atomic E-state index is 0.0255. The lowest BCUT2D eigenvalue weighted by molar-refractivity contribution is -0.139. The number of aliphatic hydroxyl groups is 1. The standard InChI is InChI=1S/C22H29N3O4/c1-13(2)20(23)22(28)25-11-17(26)10-18(25)19(27)9-6-15-4-7-16(8-5-15)21-14(3)24-12-29-21/h4-5,7-8,12-13,17-18,20,26H,6,9-11,23H2,1-3H3/t17-,18+,20+/m1/s1. The molecule has 0 bridgehead atoms. The van der Waals surface area contributed by atoms with Gasteiger partial charge in [0.05, 0.1) is 23.9 Å². The van der Waals surface area contributed by atoms with Gasteiger partial charge in [0, 0.05) is 24.9 Å². The Hall–Kier alpha value is -2.51. The highest BCUT2D eigenvalue weighted by Crippen LogP contribution is 2.25. The lowest BCUT2D eigenvalue weighted by Gasteiger charge is -2.27. The number of aromatic nitrogens is 1. The summed E-state index contributed by atoms with van der Waals surface area (Å²) < 4.78 is 5.40. The van der Waals surface area contributed by atoms with E-state index in [9.17, 15) is 14.7 Å². The van der Waals surface area contributed by atoms with Crippen molar-refractivity contribution in [2.75, 3.05) is 6.54 Å². The number of hydrogen-bond donors (Lipinski definition) is 2. The summed E-state index contributed by atoms with van der Waals surface area (Å²) in [6, 6.07) is 6.56. The summed E-state index contributed by atoms with van der Waals surface area (Å²) in [5.74, 6) is 0.411. The number of β-amino-alcohol motifs (C(OH)–C–C–N with tert-alkyl or cyclic N) is 1. The van der Waals surface area contributed by atoms with Crippen molar-refractivity contribution in [1.29, 1.82) is 0 Å². The van der Waals surface area contributed by atoms with Crippen LogP contribution in [0, 0.1) is 12.8 Å². The molecule has 29 heavy (non-hydrogen) atoms. The van der Waals surface area contributed by atoms with E-state index in [1.807, 2.05) is 45.0 Å². The normalized spacial score (nSPS) is 20.3. The number of carbonyl (C=O) groups is 2. The lowest BCUT2D eigenvalue weighted by Crippen LogP contribution is -2.50. The van der Waals surface area contributed by atoms with Crippen LogP contribution in [-0.4, -0.2) is 51.4 Å². The largest absolute Gasteiger partial charge is 0.443 e. The fourth-order valence-corrected chi connectivity index (χ4v) is 3.68. The smallest absolute Gasteiger partial charge is 0.240 e. The maximum atomic E-state index is 12.8. The molecule has 0 aliphatic carbocycles. The molecule has 7 nitrogen and oxygen atoms in total. The summed E-state index contributed by atoms with van der Waals surface area (Å²) >= 11 is 0. The Kier molecular flexibility index (Phi) is 6.49. The van der Waals surface area contributed by atoms with E-state index in [1.54, 1.807) is 0 Å². The minimum Gasteiger partial charge on any atom is -0.443 e. The monoisotopic (exact) mass is 399 g/mol. The highest BCUT2D eigenvalue weighted by molar-refractivity contribution is 5.91. The van der Waals surface area contributed by atoms with E-state index in [4.69, 9.17) is 10.2 Å². The van der Waals surface area contributed by atoms with Crippen LogP contribution in [0.1, 0.15) is 37.9 Å². The van der Waals surface area contributed by atoms with E-state index in [-0.39, 0.29) is 30.6 Å². The first kappa shape index (κ1) is 21.2. The van der Waals surface area contributed by atoms with Crippen LogP contribution in [-0.2, 0) is 16.0 Å². The molecule has 156 valence electrons. The maximum absolute atomic E-state index is 12.8. The van der Waals surface area contributed by atoms with Crippen LogP contribution in [0.3, 0.4) is 0 Å². The molecule has 3 atom stereocenters. The molecule has 1 aliphatic heterocycles. The highest BCUT2D eigenvalue weighted by Gasteiger charge is 2.40. The van der Waals surface area contributed by atoms with Crippen molar-refractivity contribution in [3.63, 3.8) is 0 Å². The van der Waals surface area contributed by atoms with Crippen LogP contribution in [0.2, 0.25) is 0 Å². The van der Waals surface area contributed by atoms with Gasteiger partial charge in [0.15, 0.2) is 17.9 Å². The molecule has 1 aliphatic rings. The molecule has 7 heteroatoms. The molecule has 0 saturated carbocycles. The number of rotatable bonds is 7. The zero-order valence-electron chi connectivity index (χ0n) is 17.2. The fraction of sp³-hybridized carbons (Fsp3) is 0.500. The summed E-state index contributed by atoms with van der Waals surface area (Å²) in [7, 11) is 0. The third kappa shape index (κ3) is 4.74. The zero-order chi connectivity index (χ0) is 21.1. The summed E-state index contributed by atoms with van der Waals surface area (Å²) in [6.07, 6.45) is 1.89. The molecule has 3 rings (SSSR count). The first-order valence-electron chi connectivity index (χ1n) is 10.0. The second-order valence-electron chi connectivity index (χ2n) is 8.10. The molecular weight excluding hydrogens is 370 g/mol. The van der Waals surface area contributed by atoms with Crippen LogP contribution in [0.15, 0.2) is 35.1 Å². The second-order valence-corrected chi connectivity index (χ2v) is 8.10. The number of Topliss-reactive ketones (excluding diaryl/α,β-unsaturated/α-hetero) is 1. The van der Waals surface area contributed by atoms with Gasteiger partial charge < -0.3 is 20.2 Å². The van der Waals surface area contributed by atoms with E-state index in [0.717, 1.165) is 22.6 Å². The molecule has 0 spiro atoms. The Morgan fingerprint density at radius 2 is 2.00 bits per heavy atom. The molecule has 2 aromatic rings. The second kappa shape index (κ2) is 8.88. The Morgan fingerprint density at radius 3 is 2.59 bits per heavy atom. The molecular formula is C22H29N3O4. The maximum Gasteiger partial charge on any atom is 0.240 e. The van der Waals surface area contributed by atoms with Crippen molar-refractivity contribution in [2.24, 2.45) is 11.7 Å². The summed E-state index contributed by atoms with van der Waals surface area (Å²) in [6.45, 7) is 5.80. The molecule has 0 radical (unpaired) electrons. The number of ketones is 1. The molecule has 0 unspecified atom stereocenters. The summed E-state index contributed by atoms with van der Waals surface area (Å²) in [5, 5.41) is 10.0. The zero-order valence-corrected chi connectivity index (χ0v) is 17.2. The molecule has 1 aromatic heterocycles. The quantitative estimate of drug-likeness (QED) is 0.738. The van der Waals surface area contributed by atoms with Crippen LogP contribution in [0.5, 0.6) is 0 Å². The average molecular weight is 399 g/mol. The summed E-state index contributed by atoms with van der Waals surface area (Å²) in [5.41, 5.74) is 8.77. The molecule has 3 N–H and O–H groups in total. The molecule has 1 aromatic carbocycles. The van der Waals surface area contributed by atoms with Crippen molar-refractivity contribution in [1.82, 2.24) is 9.88 Å². The SMILES string of the molecule is Cc1ncoc1-c1ccc(CCC(=O)[C@@H]2C[C@@H](O)CN2C(=O)[C@@H](N)C(C)C)cc1. The van der Waals surface area contributed by atoms with Gasteiger partial charge in [-0.05, 0) is 24.8 Å². The van der Waals surface area contributed by atoms with Crippen molar-refractivity contribution in [3.8, 4) is 11.3 Å². The van der Waals surface area contributed by atoms with Gasteiger partial charge in [-0.2, -0.15) is 0 Å². The fourth-order valence-electron chi connectivity index (χ4n) is 3.68. The minimum atomic E-state index is -0.684. The number of aliphatic hydroxyl groups excluding tert-OH is 1. The summed E-state index contributed by atoms with van der Waals surface area (Å²) in [4.78, 5) is 31.0. The number of nitrogens with two attached hydrogens (primary N) is 1. The van der Waals surface area contributed by atoms with Gasteiger partial charge in [-0.25, -0.2) is 4.98 Å². The van der Waals surface area contributed by atoms with Gasteiger partial charge in [0.2, 0.25) is 5.91 Å². The Bertz CT molecular complexity index is 859. The number of benzene rings is 1. The first-order chi connectivity index (χ1) is 13.8. The van der Waals surface area contributed by atoms with Gasteiger partial charge in [-0.1, -0.05) is 38.1 Å². The van der Waals surface area contributed by atoms with Crippen molar-refractivity contribution < 1.29 is 19.1 Å². The predicted octanol–water partition coefficient (Wildman–Crippen LogP) is 2.10. The van der Waals surface area contributed by atoms with E-state index < -0.39 is 18.2 Å². The van der Waals surface area contributed by atoms with Gasteiger partial charge in [0.1, 0.15) is 0 Å². The molecule has 1 amide bonds. The van der Waals surface area contributed by atoms with E-state index in [2.05, 4.69) is 4.98 Å². The third-order valence-electron chi connectivity index (χ3n) is 5.56. The van der Waals surface area contributed by atoms with Crippen LogP contribution in [0.25, 0.3) is 11.3 Å². The highest BCUT2D eigenvalue weighted by atomic mass is 16.3. The van der Waals surface area contributed by atoms with Gasteiger partial charge in [-0.3, -0.25) is 9.59 Å². The number of amides is 1. The Balaban J connectivity index is 1.62. The Morgan fingerprint density at radius 1 is 1.31 bits per heavy atom. The van der Waals surface area contributed by atoms with E-state index >= 15 is 0 Å². The lowest BCUT2D eigenvalue weighted by atomic mass is 9.99. The molecule has 2 heterocycles.